The van der Waals surface area contributed by atoms with E-state index in [0.717, 1.165) is 13.0 Å². The highest BCUT2D eigenvalue weighted by atomic mass is 16.4. The standard InChI is InChI=1S/C9H17NO3/c1-7-2-4-10(6-8(7)11)5-3-9(12)13/h7-8,11H,2-6H2,1H3,(H,12,13). The summed E-state index contributed by atoms with van der Waals surface area (Å²) in [4.78, 5) is 12.3. The lowest BCUT2D eigenvalue weighted by Crippen LogP contribution is -2.43. The maximum atomic E-state index is 10.3. The van der Waals surface area contributed by atoms with Gasteiger partial charge in [-0.2, -0.15) is 0 Å². The molecule has 4 nitrogen and oxygen atoms in total. The Bertz CT molecular complexity index is 184. The van der Waals surface area contributed by atoms with Gasteiger partial charge in [-0.25, -0.2) is 0 Å². The first-order chi connectivity index (χ1) is 6.09. The van der Waals surface area contributed by atoms with E-state index >= 15 is 0 Å². The van der Waals surface area contributed by atoms with Crippen molar-refractivity contribution in [1.29, 1.82) is 0 Å². The number of rotatable bonds is 3. The summed E-state index contributed by atoms with van der Waals surface area (Å²) in [5.74, 6) is -0.422. The van der Waals surface area contributed by atoms with Gasteiger partial charge in [0.25, 0.3) is 0 Å². The van der Waals surface area contributed by atoms with Crippen LogP contribution in [0.1, 0.15) is 19.8 Å². The second kappa shape index (κ2) is 4.58. The number of aliphatic hydroxyl groups is 1. The van der Waals surface area contributed by atoms with Crippen molar-refractivity contribution in [2.24, 2.45) is 5.92 Å². The van der Waals surface area contributed by atoms with Gasteiger partial charge in [0, 0.05) is 13.1 Å². The number of β-amino-alcohol motifs (C(OH)–C–C–N with tert-alkyl or cyclic N) is 1. The van der Waals surface area contributed by atoms with Gasteiger partial charge in [0.05, 0.1) is 12.5 Å². The highest BCUT2D eigenvalue weighted by Gasteiger charge is 2.23. The number of piperidine rings is 1. The van der Waals surface area contributed by atoms with Crippen LogP contribution in [-0.4, -0.2) is 46.8 Å². The van der Waals surface area contributed by atoms with Crippen molar-refractivity contribution in [3.05, 3.63) is 0 Å². The van der Waals surface area contributed by atoms with E-state index < -0.39 is 5.97 Å². The Labute approximate surface area is 78.2 Å². The van der Waals surface area contributed by atoms with Crippen molar-refractivity contribution in [2.45, 2.75) is 25.9 Å². The molecule has 1 heterocycles. The van der Waals surface area contributed by atoms with Crippen LogP contribution in [0, 0.1) is 5.92 Å². The Hall–Kier alpha value is -0.610. The summed E-state index contributed by atoms with van der Waals surface area (Å²) in [6.45, 7) is 4.11. The molecule has 0 aromatic carbocycles. The highest BCUT2D eigenvalue weighted by Crippen LogP contribution is 2.16. The van der Waals surface area contributed by atoms with Gasteiger partial charge >= 0.3 is 5.97 Å². The minimum atomic E-state index is -0.770. The number of hydrogen-bond donors (Lipinski definition) is 2. The molecule has 1 aliphatic rings. The van der Waals surface area contributed by atoms with Crippen molar-refractivity contribution in [2.75, 3.05) is 19.6 Å². The molecule has 76 valence electrons. The largest absolute Gasteiger partial charge is 0.481 e. The zero-order chi connectivity index (χ0) is 9.84. The molecule has 0 aliphatic carbocycles. The molecule has 0 saturated carbocycles. The van der Waals surface area contributed by atoms with Crippen LogP contribution in [0.3, 0.4) is 0 Å². The average molecular weight is 187 g/mol. The smallest absolute Gasteiger partial charge is 0.304 e. The molecule has 0 aromatic rings. The Balaban J connectivity index is 2.25. The van der Waals surface area contributed by atoms with Gasteiger partial charge in [0.1, 0.15) is 0 Å². The normalized spacial score (nSPS) is 30.3. The summed E-state index contributed by atoms with van der Waals surface area (Å²) < 4.78 is 0. The molecule has 4 heteroatoms. The van der Waals surface area contributed by atoms with Crippen LogP contribution in [0.15, 0.2) is 0 Å². The van der Waals surface area contributed by atoms with Crippen LogP contribution in [0.2, 0.25) is 0 Å². The molecule has 0 amide bonds. The number of nitrogens with zero attached hydrogens (tertiary/aromatic N) is 1. The van der Waals surface area contributed by atoms with E-state index in [4.69, 9.17) is 5.11 Å². The first-order valence-electron chi connectivity index (χ1n) is 4.72. The maximum absolute atomic E-state index is 10.3. The molecule has 1 rings (SSSR count). The van der Waals surface area contributed by atoms with Gasteiger partial charge in [0.15, 0.2) is 0 Å². The van der Waals surface area contributed by atoms with Gasteiger partial charge in [-0.15, -0.1) is 0 Å². The molecule has 1 fully saturated rings. The number of likely N-dealkylation sites (tertiary alicyclic amines) is 1. The Morgan fingerprint density at radius 2 is 2.31 bits per heavy atom. The average Bonchev–Trinajstić information content (AvgIpc) is 2.07. The Kier molecular flexibility index (Phi) is 3.69. The molecule has 0 bridgehead atoms. The quantitative estimate of drug-likeness (QED) is 0.661. The van der Waals surface area contributed by atoms with Crippen LogP contribution in [0.25, 0.3) is 0 Å². The number of aliphatic hydroxyl groups excluding tert-OH is 1. The summed E-state index contributed by atoms with van der Waals surface area (Å²) in [6, 6.07) is 0. The third kappa shape index (κ3) is 3.32. The fourth-order valence-electron chi connectivity index (χ4n) is 1.57. The molecule has 2 N–H and O–H groups in total. The number of carboxylic acid groups (broad SMARTS) is 1. The first-order valence-corrected chi connectivity index (χ1v) is 4.72. The van der Waals surface area contributed by atoms with Crippen molar-refractivity contribution in [3.63, 3.8) is 0 Å². The van der Waals surface area contributed by atoms with Crippen LogP contribution >= 0.6 is 0 Å². The van der Waals surface area contributed by atoms with Crippen LogP contribution in [0.5, 0.6) is 0 Å². The van der Waals surface area contributed by atoms with E-state index in [0.29, 0.717) is 19.0 Å². The summed E-state index contributed by atoms with van der Waals surface area (Å²) in [7, 11) is 0. The van der Waals surface area contributed by atoms with Gasteiger partial charge in [0.2, 0.25) is 0 Å². The van der Waals surface area contributed by atoms with Crippen molar-refractivity contribution in [3.8, 4) is 0 Å². The zero-order valence-corrected chi connectivity index (χ0v) is 7.94. The molecule has 2 unspecified atom stereocenters. The van der Waals surface area contributed by atoms with Crippen molar-refractivity contribution < 1.29 is 15.0 Å². The van der Waals surface area contributed by atoms with E-state index in [9.17, 15) is 9.90 Å². The maximum Gasteiger partial charge on any atom is 0.304 e. The van der Waals surface area contributed by atoms with E-state index in [1.807, 2.05) is 11.8 Å². The number of carbonyl (C=O) groups is 1. The first kappa shape index (κ1) is 10.5. The number of hydrogen-bond acceptors (Lipinski definition) is 3. The summed E-state index contributed by atoms with van der Waals surface area (Å²) in [5, 5.41) is 18.0. The number of aliphatic carboxylic acids is 1. The molecule has 1 aliphatic heterocycles. The third-order valence-corrected chi connectivity index (χ3v) is 2.64. The van der Waals surface area contributed by atoms with Gasteiger partial charge in [-0.05, 0) is 18.9 Å². The molecule has 13 heavy (non-hydrogen) atoms. The summed E-state index contributed by atoms with van der Waals surface area (Å²) in [5.41, 5.74) is 0. The van der Waals surface area contributed by atoms with Crippen LogP contribution in [-0.2, 0) is 4.79 Å². The lowest BCUT2D eigenvalue weighted by molar-refractivity contribution is -0.137. The predicted molar refractivity (Wildman–Crippen MR) is 48.5 cm³/mol. The molecule has 1 saturated heterocycles. The second-order valence-corrected chi connectivity index (χ2v) is 3.78. The van der Waals surface area contributed by atoms with E-state index in [2.05, 4.69) is 0 Å². The van der Waals surface area contributed by atoms with Gasteiger partial charge in [-0.3, -0.25) is 4.79 Å². The molecule has 0 aromatic heterocycles. The zero-order valence-electron chi connectivity index (χ0n) is 7.94. The minimum Gasteiger partial charge on any atom is -0.481 e. The molecule has 0 spiro atoms. The predicted octanol–water partition coefficient (Wildman–Crippen LogP) is 0.164. The Morgan fingerprint density at radius 3 is 2.85 bits per heavy atom. The fourth-order valence-corrected chi connectivity index (χ4v) is 1.57. The van der Waals surface area contributed by atoms with Crippen molar-refractivity contribution >= 4 is 5.97 Å². The third-order valence-electron chi connectivity index (χ3n) is 2.64. The molecule has 0 radical (unpaired) electrons. The summed E-state index contributed by atoms with van der Waals surface area (Å²) >= 11 is 0. The van der Waals surface area contributed by atoms with Crippen molar-refractivity contribution in [1.82, 2.24) is 4.90 Å². The Morgan fingerprint density at radius 1 is 1.62 bits per heavy atom. The van der Waals surface area contributed by atoms with Gasteiger partial charge in [-0.1, -0.05) is 6.92 Å². The topological polar surface area (TPSA) is 60.8 Å². The minimum absolute atomic E-state index is 0.168. The van der Waals surface area contributed by atoms with E-state index in [1.54, 1.807) is 0 Å². The lowest BCUT2D eigenvalue weighted by atomic mass is 9.96. The molecular weight excluding hydrogens is 170 g/mol. The van der Waals surface area contributed by atoms with Crippen LogP contribution < -0.4 is 0 Å². The SMILES string of the molecule is CC1CCN(CCC(=O)O)CC1O. The second-order valence-electron chi connectivity index (χ2n) is 3.78. The van der Waals surface area contributed by atoms with Crippen LogP contribution in [0.4, 0.5) is 0 Å². The fraction of sp³-hybridized carbons (Fsp3) is 0.889. The van der Waals surface area contributed by atoms with E-state index in [1.165, 1.54) is 0 Å². The van der Waals surface area contributed by atoms with E-state index in [-0.39, 0.29) is 12.5 Å². The molecule has 2 atom stereocenters. The molecular formula is C9H17NO3. The lowest BCUT2D eigenvalue weighted by Gasteiger charge is -2.33. The number of carboxylic acids is 1. The highest BCUT2D eigenvalue weighted by molar-refractivity contribution is 5.66. The monoisotopic (exact) mass is 187 g/mol. The summed E-state index contributed by atoms with van der Waals surface area (Å²) in [6.07, 6.45) is 0.838. The van der Waals surface area contributed by atoms with Gasteiger partial charge < -0.3 is 15.1 Å².